The second-order valence-corrected chi connectivity index (χ2v) is 7.62. The first-order chi connectivity index (χ1) is 14.6. The van der Waals surface area contributed by atoms with Crippen LogP contribution in [-0.2, 0) is 19.1 Å². The van der Waals surface area contributed by atoms with Gasteiger partial charge in [0.15, 0.2) is 17.2 Å². The van der Waals surface area contributed by atoms with E-state index in [1.54, 1.807) is 15.3 Å². The molecule has 0 amide bonds. The molecule has 1 aliphatic carbocycles. The maximum atomic E-state index is 6.12. The molecule has 4 heterocycles. The van der Waals surface area contributed by atoms with Crippen molar-refractivity contribution in [1.82, 2.24) is 39.7 Å². The Morgan fingerprint density at radius 1 is 1.20 bits per heavy atom. The van der Waals surface area contributed by atoms with Gasteiger partial charge in [0.25, 0.3) is 0 Å². The largest absolute Gasteiger partial charge is 0.468 e. The van der Waals surface area contributed by atoms with E-state index in [9.17, 15) is 0 Å². The molecule has 4 aromatic rings. The summed E-state index contributed by atoms with van der Waals surface area (Å²) in [6, 6.07) is 3.67. The van der Waals surface area contributed by atoms with Gasteiger partial charge in [-0.15, -0.1) is 15.3 Å². The lowest BCUT2D eigenvalue weighted by atomic mass is 9.66. The van der Waals surface area contributed by atoms with E-state index in [0.29, 0.717) is 41.4 Å². The SMILES string of the molecule is CCOc1cc(-c2nnc3cc(C4(C)CCC4)c(OCc4ncnn4C)nn23)no1. The molecule has 11 heteroatoms. The molecule has 0 radical (unpaired) electrons. The van der Waals surface area contributed by atoms with Gasteiger partial charge in [0.2, 0.25) is 11.7 Å². The quantitative estimate of drug-likeness (QED) is 0.452. The van der Waals surface area contributed by atoms with Gasteiger partial charge in [-0.25, -0.2) is 4.98 Å². The Hall–Kier alpha value is -3.50. The highest BCUT2D eigenvalue weighted by atomic mass is 16.6. The average Bonchev–Trinajstić information content (AvgIpc) is 3.43. The maximum absolute atomic E-state index is 6.12. The lowest BCUT2D eigenvalue weighted by Gasteiger charge is -2.39. The predicted octanol–water partition coefficient (Wildman–Crippen LogP) is 2.33. The Morgan fingerprint density at radius 2 is 2.07 bits per heavy atom. The van der Waals surface area contributed by atoms with Gasteiger partial charge in [-0.05, 0) is 31.2 Å². The molecule has 156 valence electrons. The van der Waals surface area contributed by atoms with Crippen LogP contribution in [0, 0.1) is 0 Å². The number of aromatic nitrogens is 8. The molecule has 0 aliphatic heterocycles. The highest BCUT2D eigenvalue weighted by molar-refractivity contribution is 5.57. The summed E-state index contributed by atoms with van der Waals surface area (Å²) in [5.74, 6) is 2.01. The van der Waals surface area contributed by atoms with E-state index in [2.05, 4.69) is 32.4 Å². The molecule has 4 aromatic heterocycles. The number of fused-ring (bicyclic) bond motifs is 1. The fourth-order valence-corrected chi connectivity index (χ4v) is 3.65. The van der Waals surface area contributed by atoms with E-state index in [0.717, 1.165) is 18.4 Å². The molecule has 1 aliphatic rings. The highest BCUT2D eigenvalue weighted by Crippen LogP contribution is 2.46. The molecule has 0 saturated heterocycles. The summed E-state index contributed by atoms with van der Waals surface area (Å²) >= 11 is 0. The molecule has 0 atom stereocenters. The van der Waals surface area contributed by atoms with Crippen LogP contribution in [0.15, 0.2) is 23.0 Å². The number of aryl methyl sites for hydroxylation is 1. The Bertz CT molecular complexity index is 1190. The number of hydrogen-bond acceptors (Lipinski definition) is 9. The van der Waals surface area contributed by atoms with Gasteiger partial charge in [-0.1, -0.05) is 18.5 Å². The molecule has 30 heavy (non-hydrogen) atoms. The van der Waals surface area contributed by atoms with Crippen molar-refractivity contribution in [3.63, 3.8) is 0 Å². The summed E-state index contributed by atoms with van der Waals surface area (Å²) < 4.78 is 20.0. The lowest BCUT2D eigenvalue weighted by molar-refractivity contribution is 0.225. The van der Waals surface area contributed by atoms with Crippen LogP contribution < -0.4 is 9.47 Å². The summed E-state index contributed by atoms with van der Waals surface area (Å²) in [5.41, 5.74) is 2.14. The van der Waals surface area contributed by atoms with Crippen molar-refractivity contribution in [2.45, 2.75) is 45.1 Å². The minimum absolute atomic E-state index is 0.00606. The number of hydrogen-bond donors (Lipinski definition) is 0. The molecule has 0 unspecified atom stereocenters. The number of nitrogens with zero attached hydrogens (tertiary/aromatic N) is 8. The first-order valence-corrected chi connectivity index (χ1v) is 9.90. The topological polar surface area (TPSA) is 118 Å². The van der Waals surface area contributed by atoms with E-state index in [-0.39, 0.29) is 12.0 Å². The van der Waals surface area contributed by atoms with Crippen LogP contribution in [0.4, 0.5) is 0 Å². The van der Waals surface area contributed by atoms with Crippen LogP contribution >= 0.6 is 0 Å². The summed E-state index contributed by atoms with van der Waals surface area (Å²) in [4.78, 5) is 4.23. The van der Waals surface area contributed by atoms with Gasteiger partial charge < -0.3 is 14.0 Å². The summed E-state index contributed by atoms with van der Waals surface area (Å²) in [7, 11) is 1.83. The van der Waals surface area contributed by atoms with E-state index in [1.165, 1.54) is 12.7 Å². The lowest BCUT2D eigenvalue weighted by Crippen LogP contribution is -2.31. The molecular formula is C19H22N8O3. The van der Waals surface area contributed by atoms with Crippen LogP contribution in [0.2, 0.25) is 0 Å². The Kier molecular flexibility index (Phi) is 4.37. The minimum Gasteiger partial charge on any atom is -0.468 e. The Labute approximate surface area is 172 Å². The van der Waals surface area contributed by atoms with Crippen LogP contribution in [-0.4, -0.2) is 46.3 Å². The van der Waals surface area contributed by atoms with Crippen molar-refractivity contribution in [2.24, 2.45) is 7.05 Å². The third kappa shape index (κ3) is 3.06. The molecule has 0 spiro atoms. The van der Waals surface area contributed by atoms with Crippen LogP contribution in [0.3, 0.4) is 0 Å². The van der Waals surface area contributed by atoms with Gasteiger partial charge in [0.1, 0.15) is 12.9 Å². The van der Waals surface area contributed by atoms with Crippen molar-refractivity contribution in [2.75, 3.05) is 6.61 Å². The fourth-order valence-electron chi connectivity index (χ4n) is 3.65. The van der Waals surface area contributed by atoms with Gasteiger partial charge in [-0.3, -0.25) is 4.68 Å². The molecule has 5 rings (SSSR count). The monoisotopic (exact) mass is 410 g/mol. The predicted molar refractivity (Wildman–Crippen MR) is 104 cm³/mol. The van der Waals surface area contributed by atoms with Crippen molar-refractivity contribution in [3.05, 3.63) is 29.8 Å². The van der Waals surface area contributed by atoms with Crippen LogP contribution in [0.1, 0.15) is 44.5 Å². The minimum atomic E-state index is 0.00606. The van der Waals surface area contributed by atoms with E-state index in [4.69, 9.17) is 19.1 Å². The van der Waals surface area contributed by atoms with Gasteiger partial charge >= 0.3 is 5.95 Å². The van der Waals surface area contributed by atoms with Crippen LogP contribution in [0.25, 0.3) is 17.2 Å². The van der Waals surface area contributed by atoms with E-state index in [1.807, 2.05) is 20.0 Å². The molecule has 0 bridgehead atoms. The summed E-state index contributed by atoms with van der Waals surface area (Å²) in [6.45, 7) is 4.84. The zero-order valence-electron chi connectivity index (χ0n) is 17.1. The molecule has 11 nitrogen and oxygen atoms in total. The highest BCUT2D eigenvalue weighted by Gasteiger charge is 2.37. The van der Waals surface area contributed by atoms with Gasteiger partial charge in [-0.2, -0.15) is 9.61 Å². The number of ether oxygens (including phenoxy) is 2. The zero-order valence-corrected chi connectivity index (χ0v) is 17.1. The summed E-state index contributed by atoms with van der Waals surface area (Å²) in [5, 5.41) is 21.4. The average molecular weight is 410 g/mol. The first-order valence-electron chi connectivity index (χ1n) is 9.90. The Morgan fingerprint density at radius 3 is 2.77 bits per heavy atom. The maximum Gasteiger partial charge on any atom is 0.311 e. The molecular weight excluding hydrogens is 388 g/mol. The molecule has 0 N–H and O–H groups in total. The van der Waals surface area contributed by atoms with Crippen molar-refractivity contribution in [1.29, 1.82) is 0 Å². The third-order valence-electron chi connectivity index (χ3n) is 5.61. The standard InChI is InChI=1S/C19H22N8O3/c1-4-28-16-9-13(25-30-16)17-23-22-14-8-12(19(2)6-5-7-19)18(24-27(14)17)29-10-15-20-11-21-26(15)3/h8-9,11H,4-7,10H2,1-3H3. The third-order valence-corrected chi connectivity index (χ3v) is 5.61. The normalized spacial score (nSPS) is 15.3. The zero-order chi connectivity index (χ0) is 20.7. The van der Waals surface area contributed by atoms with Gasteiger partial charge in [0, 0.05) is 12.6 Å². The number of rotatable bonds is 7. The van der Waals surface area contributed by atoms with E-state index >= 15 is 0 Å². The second-order valence-electron chi connectivity index (χ2n) is 7.62. The van der Waals surface area contributed by atoms with E-state index < -0.39 is 0 Å². The molecule has 1 saturated carbocycles. The molecule has 0 aromatic carbocycles. The van der Waals surface area contributed by atoms with Crippen molar-refractivity contribution in [3.8, 4) is 23.3 Å². The van der Waals surface area contributed by atoms with Crippen molar-refractivity contribution < 1.29 is 14.0 Å². The first kappa shape index (κ1) is 18.5. The summed E-state index contributed by atoms with van der Waals surface area (Å²) in [6.07, 6.45) is 4.84. The van der Waals surface area contributed by atoms with Gasteiger partial charge in [0.05, 0.1) is 12.7 Å². The Balaban J connectivity index is 1.56. The fraction of sp³-hybridized carbons (Fsp3) is 0.474. The smallest absolute Gasteiger partial charge is 0.311 e. The second kappa shape index (κ2) is 7.08. The van der Waals surface area contributed by atoms with Crippen LogP contribution in [0.5, 0.6) is 11.8 Å². The van der Waals surface area contributed by atoms with Crippen molar-refractivity contribution >= 4 is 5.65 Å². The molecule has 1 fully saturated rings.